The van der Waals surface area contributed by atoms with E-state index < -0.39 is 0 Å². The molecule has 3 nitrogen and oxygen atoms in total. The first-order chi connectivity index (χ1) is 10.7. The Bertz CT molecular complexity index is 554. The molecule has 0 bridgehead atoms. The summed E-state index contributed by atoms with van der Waals surface area (Å²) in [5, 5.41) is 0. The van der Waals surface area contributed by atoms with Gasteiger partial charge in [-0.25, -0.2) is 0 Å². The average Bonchev–Trinajstić information content (AvgIpc) is 2.55. The number of benzene rings is 2. The van der Waals surface area contributed by atoms with Crippen LogP contribution in [0.15, 0.2) is 54.6 Å². The molecule has 0 aliphatic heterocycles. The molecule has 22 heavy (non-hydrogen) atoms. The Morgan fingerprint density at radius 1 is 0.955 bits per heavy atom. The second kappa shape index (κ2) is 8.57. The molecule has 0 amide bonds. The molecule has 0 aliphatic rings. The van der Waals surface area contributed by atoms with Crippen LogP contribution in [0.1, 0.15) is 23.7 Å². The van der Waals surface area contributed by atoms with Crippen molar-refractivity contribution in [2.75, 3.05) is 27.7 Å². The van der Waals surface area contributed by atoms with E-state index in [1.165, 1.54) is 5.56 Å². The van der Waals surface area contributed by atoms with Gasteiger partial charge in [-0.05, 0) is 32.1 Å². The third-order valence-electron chi connectivity index (χ3n) is 3.64. The highest BCUT2D eigenvalue weighted by Gasteiger charge is 2.13. The zero-order chi connectivity index (χ0) is 15.8. The van der Waals surface area contributed by atoms with Gasteiger partial charge in [0.05, 0.1) is 19.8 Å². The largest absolute Gasteiger partial charge is 0.496 e. The zero-order valence-corrected chi connectivity index (χ0v) is 13.7. The summed E-state index contributed by atoms with van der Waals surface area (Å²) in [5.41, 5.74) is 2.30. The summed E-state index contributed by atoms with van der Waals surface area (Å²) in [5.74, 6) is 0.877. The number of rotatable bonds is 8. The maximum atomic E-state index is 6.20. The minimum absolute atomic E-state index is 0.0912. The van der Waals surface area contributed by atoms with Gasteiger partial charge < -0.3 is 14.4 Å². The molecule has 2 aromatic rings. The third-order valence-corrected chi connectivity index (χ3v) is 3.64. The van der Waals surface area contributed by atoms with Crippen LogP contribution in [-0.4, -0.2) is 32.6 Å². The van der Waals surface area contributed by atoms with Crippen LogP contribution < -0.4 is 4.74 Å². The molecule has 3 heteroatoms. The number of para-hydroxylation sites is 1. The van der Waals surface area contributed by atoms with E-state index in [-0.39, 0.29) is 6.10 Å². The molecule has 1 unspecified atom stereocenters. The van der Waals surface area contributed by atoms with Crippen LogP contribution in [0.5, 0.6) is 5.75 Å². The molecular formula is C19H25NO2. The summed E-state index contributed by atoms with van der Waals surface area (Å²) in [4.78, 5) is 2.18. The third kappa shape index (κ3) is 4.86. The first kappa shape index (κ1) is 16.5. The Hall–Kier alpha value is -1.84. The van der Waals surface area contributed by atoms with Crippen molar-refractivity contribution in [1.29, 1.82) is 0 Å². The fraction of sp³-hybridized carbons (Fsp3) is 0.368. The van der Waals surface area contributed by atoms with E-state index in [1.54, 1.807) is 7.11 Å². The Kier molecular flexibility index (Phi) is 6.44. The molecule has 2 rings (SSSR count). The van der Waals surface area contributed by atoms with Crippen LogP contribution in [0.2, 0.25) is 0 Å². The van der Waals surface area contributed by atoms with Crippen molar-refractivity contribution < 1.29 is 9.47 Å². The minimum Gasteiger partial charge on any atom is -0.496 e. The predicted molar refractivity (Wildman–Crippen MR) is 90.1 cm³/mol. The number of hydrogen-bond acceptors (Lipinski definition) is 3. The molecule has 0 radical (unpaired) electrons. The first-order valence-electron chi connectivity index (χ1n) is 7.64. The highest BCUT2D eigenvalue weighted by Crippen LogP contribution is 2.25. The molecule has 0 fully saturated rings. The Morgan fingerprint density at radius 3 is 2.32 bits per heavy atom. The Morgan fingerprint density at radius 2 is 1.64 bits per heavy atom. The van der Waals surface area contributed by atoms with Crippen LogP contribution in [0.4, 0.5) is 0 Å². The molecule has 0 heterocycles. The summed E-state index contributed by atoms with van der Waals surface area (Å²) in [7, 11) is 5.87. The molecule has 1 atom stereocenters. The fourth-order valence-corrected chi connectivity index (χ4v) is 2.40. The van der Waals surface area contributed by atoms with Gasteiger partial charge in [0, 0.05) is 12.1 Å². The molecule has 0 aliphatic carbocycles. The summed E-state index contributed by atoms with van der Waals surface area (Å²) in [6.07, 6.45) is 1.06. The first-order valence-corrected chi connectivity index (χ1v) is 7.64. The van der Waals surface area contributed by atoms with Crippen LogP contribution in [-0.2, 0) is 11.3 Å². The van der Waals surface area contributed by atoms with Crippen molar-refractivity contribution in [1.82, 2.24) is 4.90 Å². The monoisotopic (exact) mass is 299 g/mol. The van der Waals surface area contributed by atoms with Gasteiger partial charge in [-0.15, -0.1) is 0 Å². The lowest BCUT2D eigenvalue weighted by Crippen LogP contribution is -2.17. The van der Waals surface area contributed by atoms with E-state index in [9.17, 15) is 0 Å². The normalized spacial score (nSPS) is 12.4. The maximum Gasteiger partial charge on any atom is 0.124 e. The van der Waals surface area contributed by atoms with Gasteiger partial charge in [0.15, 0.2) is 0 Å². The van der Waals surface area contributed by atoms with Crippen LogP contribution in [0.3, 0.4) is 0 Å². The van der Waals surface area contributed by atoms with Gasteiger partial charge in [0.2, 0.25) is 0 Å². The molecule has 0 spiro atoms. The molecule has 0 saturated heterocycles. The van der Waals surface area contributed by atoms with Crippen LogP contribution in [0.25, 0.3) is 0 Å². The standard InChI is InChI=1S/C19H25NO2/c1-20(2)14-13-19(16-9-5-4-6-10-16)22-15-17-11-7-8-12-18(17)21-3/h4-12,19H,13-15H2,1-3H3. The highest BCUT2D eigenvalue weighted by molar-refractivity contribution is 5.32. The molecule has 0 N–H and O–H groups in total. The summed E-state index contributed by atoms with van der Waals surface area (Å²) >= 11 is 0. The maximum absolute atomic E-state index is 6.20. The second-order valence-corrected chi connectivity index (χ2v) is 5.61. The van der Waals surface area contributed by atoms with E-state index in [2.05, 4.69) is 43.3 Å². The number of ether oxygens (including phenoxy) is 2. The smallest absolute Gasteiger partial charge is 0.124 e. The lowest BCUT2D eigenvalue weighted by atomic mass is 10.1. The summed E-state index contributed by atoms with van der Waals surface area (Å²) in [6, 6.07) is 18.4. The highest BCUT2D eigenvalue weighted by atomic mass is 16.5. The van der Waals surface area contributed by atoms with Crippen molar-refractivity contribution in [2.24, 2.45) is 0 Å². The quantitative estimate of drug-likeness (QED) is 0.738. The van der Waals surface area contributed by atoms with Crippen LogP contribution >= 0.6 is 0 Å². The zero-order valence-electron chi connectivity index (χ0n) is 13.7. The van der Waals surface area contributed by atoms with Gasteiger partial charge in [0.1, 0.15) is 5.75 Å². The van der Waals surface area contributed by atoms with E-state index in [0.29, 0.717) is 6.61 Å². The van der Waals surface area contributed by atoms with Gasteiger partial charge in [-0.1, -0.05) is 48.5 Å². The van der Waals surface area contributed by atoms with Crippen molar-refractivity contribution >= 4 is 0 Å². The topological polar surface area (TPSA) is 21.7 Å². The predicted octanol–water partition coefficient (Wildman–Crippen LogP) is 3.90. The molecule has 2 aromatic carbocycles. The Balaban J connectivity index is 2.06. The minimum atomic E-state index is 0.0912. The van der Waals surface area contributed by atoms with Crippen LogP contribution in [0, 0.1) is 0 Å². The molecule has 0 aromatic heterocycles. The molecule has 0 saturated carbocycles. The summed E-state index contributed by atoms with van der Waals surface area (Å²) < 4.78 is 11.6. The van der Waals surface area contributed by atoms with E-state index >= 15 is 0 Å². The van der Waals surface area contributed by atoms with Gasteiger partial charge in [0.25, 0.3) is 0 Å². The van der Waals surface area contributed by atoms with Crippen molar-refractivity contribution in [2.45, 2.75) is 19.1 Å². The van der Waals surface area contributed by atoms with Crippen molar-refractivity contribution in [3.8, 4) is 5.75 Å². The van der Waals surface area contributed by atoms with Gasteiger partial charge in [-0.3, -0.25) is 0 Å². The lowest BCUT2D eigenvalue weighted by molar-refractivity contribution is 0.0286. The summed E-state index contributed by atoms with van der Waals surface area (Å²) in [6.45, 7) is 1.54. The van der Waals surface area contributed by atoms with Gasteiger partial charge in [-0.2, -0.15) is 0 Å². The van der Waals surface area contributed by atoms with E-state index in [1.807, 2.05) is 30.3 Å². The van der Waals surface area contributed by atoms with E-state index in [0.717, 1.165) is 24.3 Å². The molecular weight excluding hydrogens is 274 g/mol. The lowest BCUT2D eigenvalue weighted by Gasteiger charge is -2.21. The number of methoxy groups -OCH3 is 1. The van der Waals surface area contributed by atoms with Crippen molar-refractivity contribution in [3.05, 3.63) is 65.7 Å². The fourth-order valence-electron chi connectivity index (χ4n) is 2.40. The SMILES string of the molecule is COc1ccccc1COC(CCN(C)C)c1ccccc1. The van der Waals surface area contributed by atoms with E-state index in [4.69, 9.17) is 9.47 Å². The second-order valence-electron chi connectivity index (χ2n) is 5.61. The Labute approximate surface area is 133 Å². The number of nitrogens with zero attached hydrogens (tertiary/aromatic N) is 1. The van der Waals surface area contributed by atoms with Gasteiger partial charge >= 0.3 is 0 Å². The average molecular weight is 299 g/mol. The molecule has 118 valence electrons. The number of hydrogen-bond donors (Lipinski definition) is 0. The van der Waals surface area contributed by atoms with Crippen molar-refractivity contribution in [3.63, 3.8) is 0 Å².